The lowest BCUT2D eigenvalue weighted by molar-refractivity contribution is 1.17. The van der Waals surface area contributed by atoms with Crippen LogP contribution in [0.2, 0.25) is 0 Å². The van der Waals surface area contributed by atoms with Crippen LogP contribution in [0.3, 0.4) is 0 Å². The molecule has 12 aromatic heterocycles. The van der Waals surface area contributed by atoms with Crippen LogP contribution < -0.4 is 0 Å². The van der Waals surface area contributed by atoms with E-state index < -0.39 is 0 Å². The van der Waals surface area contributed by atoms with Gasteiger partial charge in [0.15, 0.2) is 17.5 Å². The lowest BCUT2D eigenvalue weighted by Gasteiger charge is -2.11. The van der Waals surface area contributed by atoms with Gasteiger partial charge in [0.05, 0.1) is 93.4 Å². The summed E-state index contributed by atoms with van der Waals surface area (Å²) in [4.78, 5) is 30.2. The summed E-state index contributed by atoms with van der Waals surface area (Å²) < 4.78 is 19.5. The van der Waals surface area contributed by atoms with Gasteiger partial charge in [0.25, 0.3) is 0 Å². The summed E-state index contributed by atoms with van der Waals surface area (Å²) in [6, 6.07) is 165. The van der Waals surface area contributed by atoms with Gasteiger partial charge in [0, 0.05) is 130 Å². The minimum absolute atomic E-state index is 0.717. The topological polar surface area (TPSA) is 92.1 Å². The highest BCUT2D eigenvalue weighted by atomic mass is 32.2. The molecule has 0 fully saturated rings. The van der Waals surface area contributed by atoms with E-state index in [2.05, 4.69) is 396 Å². The minimum Gasteiger partial charge on any atom is -0.308 e. The Kier molecular flexibility index (Phi) is 20.9. The predicted octanol–water partition coefficient (Wildman–Crippen LogP) is 36.3. The second-order valence-electron chi connectivity index (χ2n) is 35.1. The Bertz CT molecular complexity index is 9640. The van der Waals surface area contributed by atoms with Crippen molar-refractivity contribution in [1.29, 1.82) is 0 Å². The van der Waals surface area contributed by atoms with Crippen molar-refractivity contribution in [3.63, 3.8) is 0 Å². The first-order valence-electron chi connectivity index (χ1n) is 46.9. The van der Waals surface area contributed by atoms with E-state index in [1.54, 1.807) is 0 Å². The van der Waals surface area contributed by atoms with Gasteiger partial charge in [-0.2, -0.15) is 0 Å². The third kappa shape index (κ3) is 15.0. The average molecular weight is 1910 g/mol. The van der Waals surface area contributed by atoms with Crippen molar-refractivity contribution in [1.82, 2.24) is 43.6 Å². The molecule has 0 radical (unpaired) electrons. The number of hydrogen-bond donors (Lipinski definition) is 0. The third-order valence-corrected chi connectivity index (χ3v) is 34.0. The fourth-order valence-corrected chi connectivity index (χ4v) is 28.0. The molecule has 0 spiro atoms. The molecule has 0 aliphatic heterocycles. The molecule has 9 nitrogen and oxygen atoms in total. The molecule has 0 aliphatic carbocycles. The molecule has 15 heteroatoms. The van der Waals surface area contributed by atoms with Crippen molar-refractivity contribution in [2.75, 3.05) is 0 Å². The van der Waals surface area contributed by atoms with Crippen LogP contribution in [0.1, 0.15) is 0 Å². The lowest BCUT2D eigenvalue weighted by atomic mass is 10.0. The van der Waals surface area contributed by atoms with Crippen LogP contribution in [0, 0.1) is 0 Å². The molecule has 0 amide bonds. The van der Waals surface area contributed by atoms with Crippen molar-refractivity contribution in [3.8, 4) is 141 Å². The van der Waals surface area contributed by atoms with Crippen LogP contribution in [-0.2, 0) is 0 Å². The lowest BCUT2D eigenvalue weighted by Crippen LogP contribution is -1.97. The maximum atomic E-state index is 5.04. The molecule has 29 aromatic rings. The molecule has 0 N–H and O–H groups in total. The van der Waals surface area contributed by atoms with Gasteiger partial charge in [-0.1, -0.05) is 352 Å². The Labute approximate surface area is 834 Å². The molecule has 0 bridgehead atoms. The van der Waals surface area contributed by atoms with Crippen molar-refractivity contribution in [2.45, 2.75) is 0 Å². The molecule has 29 rings (SSSR count). The van der Waals surface area contributed by atoms with Gasteiger partial charge < -0.3 is 13.7 Å². The second-order valence-corrected chi connectivity index (χ2v) is 42.1. The molecule has 0 saturated heterocycles. The van der Waals surface area contributed by atoms with Crippen LogP contribution in [-0.4, -0.2) is 43.6 Å². The molecular formula is C126H77N9S6. The van der Waals surface area contributed by atoms with Crippen LogP contribution in [0.4, 0.5) is 0 Å². The van der Waals surface area contributed by atoms with Crippen molar-refractivity contribution >= 4 is 190 Å². The largest absolute Gasteiger partial charge is 0.308 e. The minimum atomic E-state index is 0.717. The van der Waals surface area contributed by atoms with E-state index in [0.29, 0.717) is 0 Å². The summed E-state index contributed by atoms with van der Waals surface area (Å²) in [7, 11) is 0. The van der Waals surface area contributed by atoms with Crippen molar-refractivity contribution in [3.05, 3.63) is 467 Å². The van der Waals surface area contributed by atoms with Gasteiger partial charge in [-0.05, 0) is 138 Å². The number of nitrogens with zero attached hydrogens (tertiary/aromatic N) is 9. The summed E-state index contributed by atoms with van der Waals surface area (Å²) in [5.74, 6) is 2.15. The van der Waals surface area contributed by atoms with E-state index in [1.807, 2.05) is 153 Å². The summed E-state index contributed by atoms with van der Waals surface area (Å²) in [5.41, 5.74) is 30.7. The summed E-state index contributed by atoms with van der Waals surface area (Å²) in [6.45, 7) is 0. The fourth-order valence-electron chi connectivity index (χ4n) is 19.9. The molecule has 17 aromatic carbocycles. The smallest absolute Gasteiger partial charge is 0.160 e. The van der Waals surface area contributed by atoms with Gasteiger partial charge in [0.1, 0.15) is 0 Å². The molecular weight excluding hydrogens is 1830 g/mol. The van der Waals surface area contributed by atoms with Crippen LogP contribution >= 0.6 is 68.0 Å². The van der Waals surface area contributed by atoms with Crippen LogP contribution in [0.25, 0.3) is 263 Å². The SMILES string of the molecule is c1ccc(-c2cc(-c3ccccc3)nc(-c3ccc(-c4ccc5c(c4)c4sc6sc7ccccc7c6c4n5-c4ccccc4)cc3)n2)cc1.c1ccc(-c2cc(-c3ccccc3)nc(-c3ccc(-c4ccc5sc6sc7c8ccccc8n(-c8ccccc8)c7c6c5c4)cc3)n2)cc1.c1ccc(-c2cc(-c3ccccc3)nc(-c3ccc(-n4c5ccccc5c5sc6sc7ccccc7c6c54)cc3)n2)cc1. The van der Waals surface area contributed by atoms with Crippen LogP contribution in [0.5, 0.6) is 0 Å². The van der Waals surface area contributed by atoms with Gasteiger partial charge in [-0.15, -0.1) is 68.0 Å². The number of rotatable bonds is 14. The van der Waals surface area contributed by atoms with E-state index in [4.69, 9.17) is 29.9 Å². The first-order chi connectivity index (χ1) is 69.9. The normalized spacial score (nSPS) is 11.7. The molecule has 0 atom stereocenters. The van der Waals surface area contributed by atoms with Gasteiger partial charge in [0.2, 0.25) is 0 Å². The Morgan fingerprint density at radius 3 is 0.745 bits per heavy atom. The van der Waals surface area contributed by atoms with Crippen LogP contribution in [0.15, 0.2) is 467 Å². The standard InChI is InChI=1S/2C44H27N3S2.C38H23N3S2/c1-4-12-29(13-5-1)36-27-37(30-14-6-2-7-15-30)46-43(45-36)31-22-20-28(21-23-31)32-24-25-38-35(26-32)42-41(47(38)33-16-8-3-9-17-33)40-34-18-10-11-19-39(34)48-44(40)49-42;1-4-12-29(13-5-1)36-27-37(30-14-6-2-7-15-30)46-43(45-36)31-22-20-28(21-23-31)32-24-25-39-35(26-32)40-41-42(49-44(40)48-39)34-18-10-11-19-38(34)47(41)33-16-8-3-9-17-33;1-3-11-24(12-4-1)30-23-31(25-13-5-2-6-14-25)40-37(39-30)26-19-21-27(22-20-26)41-32-17-9-7-15-28(32)36-35(41)34-29-16-8-10-18-33(29)42-38(34)43-36/h2*1-27H;1-23H. The summed E-state index contributed by atoms with van der Waals surface area (Å²) >= 11 is 11.4. The fraction of sp³-hybridized carbons (Fsp3) is 0. The molecule has 12 heterocycles. The van der Waals surface area contributed by atoms with Crippen molar-refractivity contribution < 1.29 is 0 Å². The van der Waals surface area contributed by atoms with Gasteiger partial charge in [-0.3, -0.25) is 0 Å². The molecule has 0 aliphatic rings. The highest BCUT2D eigenvalue weighted by Gasteiger charge is 2.27. The summed E-state index contributed by atoms with van der Waals surface area (Å²) in [6.07, 6.45) is 0. The molecule has 662 valence electrons. The van der Waals surface area contributed by atoms with E-state index in [-0.39, 0.29) is 0 Å². The van der Waals surface area contributed by atoms with E-state index in [9.17, 15) is 0 Å². The maximum Gasteiger partial charge on any atom is 0.160 e. The first kappa shape index (κ1) is 83.5. The Hall–Kier alpha value is -16.9. The zero-order valence-electron chi connectivity index (χ0n) is 75.4. The molecule has 141 heavy (non-hydrogen) atoms. The van der Waals surface area contributed by atoms with Gasteiger partial charge in [-0.25, -0.2) is 29.9 Å². The third-order valence-electron chi connectivity index (χ3n) is 26.6. The number of aromatic nitrogens is 9. The zero-order valence-corrected chi connectivity index (χ0v) is 80.3. The summed E-state index contributed by atoms with van der Waals surface area (Å²) in [5, 5.41) is 11.9. The van der Waals surface area contributed by atoms with E-state index in [1.165, 1.54) is 150 Å². The zero-order chi connectivity index (χ0) is 93.0. The van der Waals surface area contributed by atoms with Crippen molar-refractivity contribution in [2.24, 2.45) is 0 Å². The second kappa shape index (κ2) is 35.3. The number of thiophene rings is 6. The predicted molar refractivity (Wildman–Crippen MR) is 601 cm³/mol. The highest BCUT2D eigenvalue weighted by Crippen LogP contribution is 2.54. The highest BCUT2D eigenvalue weighted by molar-refractivity contribution is 7.46. The Balaban J connectivity index is 0.000000106. The number of hydrogen-bond acceptors (Lipinski definition) is 12. The Morgan fingerprint density at radius 1 is 0.156 bits per heavy atom. The number of benzene rings is 17. The monoisotopic (exact) mass is 1910 g/mol. The first-order valence-corrected chi connectivity index (χ1v) is 51.8. The quantitative estimate of drug-likeness (QED) is 0.108. The average Bonchev–Trinajstić information content (AvgIpc) is 1.55. The van der Waals surface area contributed by atoms with E-state index in [0.717, 1.165) is 113 Å². The number of para-hydroxylation sites is 4. The number of fused-ring (bicyclic) bond motifs is 21. The van der Waals surface area contributed by atoms with Gasteiger partial charge >= 0.3 is 0 Å². The molecule has 0 unspecified atom stereocenters. The van der Waals surface area contributed by atoms with E-state index >= 15 is 0 Å². The molecule has 0 saturated carbocycles. The maximum absolute atomic E-state index is 5.04. The Morgan fingerprint density at radius 2 is 0.397 bits per heavy atom.